The van der Waals surface area contributed by atoms with E-state index in [1.165, 1.54) is 11.3 Å². The lowest BCUT2D eigenvalue weighted by Gasteiger charge is -2.35. The van der Waals surface area contributed by atoms with Crippen molar-refractivity contribution < 1.29 is 13.9 Å². The van der Waals surface area contributed by atoms with E-state index in [9.17, 15) is 4.79 Å². The molecule has 0 saturated carbocycles. The molecule has 1 amide bonds. The number of rotatable bonds is 7. The van der Waals surface area contributed by atoms with Gasteiger partial charge in [-0.2, -0.15) is 0 Å². The highest BCUT2D eigenvalue weighted by molar-refractivity contribution is 7.17. The molecule has 3 aromatic rings. The first-order chi connectivity index (χ1) is 15.0. The molecular weight excluding hydrogens is 410 g/mol. The highest BCUT2D eigenvalue weighted by atomic mass is 32.1. The standard InChI is InChI=1S/C24H29N3O3S/c1-17(15-26-11-13-29-14-12-26)27(16-20-7-5-4-6-8-20)24(28)22-19(3)25-23(31-22)21-10-9-18(2)30-21/h4-10,17H,11-16H2,1-3H3. The minimum atomic E-state index is 0.0224. The first kappa shape index (κ1) is 21.7. The molecule has 7 heteroatoms. The summed E-state index contributed by atoms with van der Waals surface area (Å²) in [5, 5.41) is 0.745. The molecule has 1 aliphatic rings. The number of aryl methyl sites for hydroxylation is 2. The molecule has 1 unspecified atom stereocenters. The molecule has 164 valence electrons. The quantitative estimate of drug-likeness (QED) is 0.547. The molecule has 1 aromatic carbocycles. The summed E-state index contributed by atoms with van der Waals surface area (Å²) < 4.78 is 11.2. The maximum atomic E-state index is 13.7. The molecule has 1 aliphatic heterocycles. The van der Waals surface area contributed by atoms with Crippen LogP contribution in [-0.2, 0) is 11.3 Å². The van der Waals surface area contributed by atoms with Crippen molar-refractivity contribution in [3.8, 4) is 10.8 Å². The molecule has 2 aromatic heterocycles. The number of carbonyl (C=O) groups excluding carboxylic acids is 1. The second kappa shape index (κ2) is 9.77. The number of thiazole rings is 1. The minimum Gasteiger partial charge on any atom is -0.459 e. The van der Waals surface area contributed by atoms with Gasteiger partial charge < -0.3 is 14.1 Å². The maximum Gasteiger partial charge on any atom is 0.266 e. The molecule has 0 bridgehead atoms. The Balaban J connectivity index is 1.59. The van der Waals surface area contributed by atoms with Crippen LogP contribution in [0.1, 0.15) is 33.6 Å². The fourth-order valence-corrected chi connectivity index (χ4v) is 4.83. The van der Waals surface area contributed by atoms with Gasteiger partial charge in [0.2, 0.25) is 0 Å². The van der Waals surface area contributed by atoms with E-state index >= 15 is 0 Å². The zero-order chi connectivity index (χ0) is 21.8. The topological polar surface area (TPSA) is 58.8 Å². The van der Waals surface area contributed by atoms with Crippen molar-refractivity contribution in [1.29, 1.82) is 0 Å². The molecule has 1 saturated heterocycles. The lowest BCUT2D eigenvalue weighted by atomic mass is 10.1. The van der Waals surface area contributed by atoms with Crippen molar-refractivity contribution >= 4 is 17.2 Å². The smallest absolute Gasteiger partial charge is 0.266 e. The van der Waals surface area contributed by atoms with E-state index in [2.05, 4.69) is 28.9 Å². The lowest BCUT2D eigenvalue weighted by Crippen LogP contribution is -2.47. The Labute approximate surface area is 187 Å². The van der Waals surface area contributed by atoms with Crippen LogP contribution in [0.4, 0.5) is 0 Å². The molecule has 0 spiro atoms. The second-order valence-electron chi connectivity index (χ2n) is 8.02. The molecule has 3 heterocycles. The molecule has 0 N–H and O–H groups in total. The molecule has 0 radical (unpaired) electrons. The largest absolute Gasteiger partial charge is 0.459 e. The minimum absolute atomic E-state index is 0.0224. The maximum absolute atomic E-state index is 13.7. The summed E-state index contributed by atoms with van der Waals surface area (Å²) in [6, 6.07) is 14.0. The van der Waals surface area contributed by atoms with Gasteiger partial charge >= 0.3 is 0 Å². The van der Waals surface area contributed by atoms with Crippen LogP contribution in [-0.4, -0.2) is 59.6 Å². The summed E-state index contributed by atoms with van der Waals surface area (Å²) >= 11 is 1.41. The van der Waals surface area contributed by atoms with Crippen LogP contribution in [0.5, 0.6) is 0 Å². The fraction of sp³-hybridized carbons (Fsp3) is 0.417. The predicted octanol–water partition coefficient (Wildman–Crippen LogP) is 4.38. The molecular formula is C24H29N3O3S. The second-order valence-corrected chi connectivity index (χ2v) is 9.02. The van der Waals surface area contributed by atoms with E-state index in [0.717, 1.165) is 54.9 Å². The lowest BCUT2D eigenvalue weighted by molar-refractivity contribution is 0.0229. The Morgan fingerprint density at radius 1 is 1.16 bits per heavy atom. The normalized spacial score (nSPS) is 15.7. The van der Waals surface area contributed by atoms with E-state index in [0.29, 0.717) is 17.2 Å². The number of furan rings is 1. The van der Waals surface area contributed by atoms with Gasteiger partial charge in [-0.25, -0.2) is 4.98 Å². The molecule has 4 rings (SSSR count). The highest BCUT2D eigenvalue weighted by Gasteiger charge is 2.28. The first-order valence-electron chi connectivity index (χ1n) is 10.7. The number of benzene rings is 1. The van der Waals surface area contributed by atoms with Crippen molar-refractivity contribution in [2.24, 2.45) is 0 Å². The van der Waals surface area contributed by atoms with Crippen molar-refractivity contribution in [1.82, 2.24) is 14.8 Å². The third kappa shape index (κ3) is 5.23. The van der Waals surface area contributed by atoms with Gasteiger partial charge in [-0.05, 0) is 38.5 Å². The van der Waals surface area contributed by atoms with Gasteiger partial charge in [-0.3, -0.25) is 9.69 Å². The number of hydrogen-bond acceptors (Lipinski definition) is 6. The zero-order valence-corrected chi connectivity index (χ0v) is 19.2. The SMILES string of the molecule is Cc1ccc(-c2nc(C)c(C(=O)N(Cc3ccccc3)C(C)CN3CCOCC3)s2)o1. The Kier molecular flexibility index (Phi) is 6.85. The van der Waals surface area contributed by atoms with Crippen LogP contribution < -0.4 is 0 Å². The summed E-state index contributed by atoms with van der Waals surface area (Å²) in [6.45, 7) is 10.6. The van der Waals surface area contributed by atoms with Gasteiger partial charge in [-0.15, -0.1) is 11.3 Å². The summed E-state index contributed by atoms with van der Waals surface area (Å²) in [6.07, 6.45) is 0. The third-order valence-electron chi connectivity index (χ3n) is 5.56. The van der Waals surface area contributed by atoms with Crippen molar-refractivity contribution in [2.45, 2.75) is 33.4 Å². The first-order valence-corrected chi connectivity index (χ1v) is 11.5. The molecule has 1 fully saturated rings. The van der Waals surface area contributed by atoms with Crippen molar-refractivity contribution in [3.63, 3.8) is 0 Å². The van der Waals surface area contributed by atoms with E-state index in [1.54, 1.807) is 0 Å². The van der Waals surface area contributed by atoms with Crippen LogP contribution in [0, 0.1) is 13.8 Å². The van der Waals surface area contributed by atoms with E-state index < -0.39 is 0 Å². The Bertz CT molecular complexity index is 1010. The molecule has 6 nitrogen and oxygen atoms in total. The Morgan fingerprint density at radius 2 is 1.90 bits per heavy atom. The summed E-state index contributed by atoms with van der Waals surface area (Å²) in [7, 11) is 0. The van der Waals surface area contributed by atoms with E-state index in [1.807, 2.05) is 49.1 Å². The summed E-state index contributed by atoms with van der Waals surface area (Å²) in [5.41, 5.74) is 1.87. The van der Waals surface area contributed by atoms with Crippen LogP contribution >= 0.6 is 11.3 Å². The van der Waals surface area contributed by atoms with Crippen molar-refractivity contribution in [3.05, 3.63) is 64.4 Å². The van der Waals surface area contributed by atoms with E-state index in [-0.39, 0.29) is 11.9 Å². The van der Waals surface area contributed by atoms with Gasteiger partial charge in [0.15, 0.2) is 10.8 Å². The number of carbonyl (C=O) groups is 1. The monoisotopic (exact) mass is 439 g/mol. The Morgan fingerprint density at radius 3 is 2.58 bits per heavy atom. The van der Waals surface area contributed by atoms with Crippen LogP contribution in [0.25, 0.3) is 10.8 Å². The van der Waals surface area contributed by atoms with Crippen LogP contribution in [0.15, 0.2) is 46.9 Å². The highest BCUT2D eigenvalue weighted by Crippen LogP contribution is 2.31. The number of ether oxygens (including phenoxy) is 1. The Hall–Kier alpha value is -2.48. The van der Waals surface area contributed by atoms with Crippen molar-refractivity contribution in [2.75, 3.05) is 32.8 Å². The van der Waals surface area contributed by atoms with E-state index in [4.69, 9.17) is 9.15 Å². The fourth-order valence-electron chi connectivity index (χ4n) is 3.84. The van der Waals surface area contributed by atoms with Gasteiger partial charge in [0.05, 0.1) is 18.9 Å². The van der Waals surface area contributed by atoms with Crippen LogP contribution in [0.2, 0.25) is 0 Å². The number of nitrogens with zero attached hydrogens (tertiary/aromatic N) is 3. The third-order valence-corrected chi connectivity index (χ3v) is 6.72. The van der Waals surface area contributed by atoms with Gasteiger partial charge in [0.25, 0.3) is 5.91 Å². The average molecular weight is 440 g/mol. The number of amides is 1. The van der Waals surface area contributed by atoms with Gasteiger partial charge in [0, 0.05) is 32.2 Å². The number of hydrogen-bond donors (Lipinski definition) is 0. The zero-order valence-electron chi connectivity index (χ0n) is 18.3. The molecule has 0 aliphatic carbocycles. The number of morpholine rings is 1. The van der Waals surface area contributed by atoms with Gasteiger partial charge in [0.1, 0.15) is 10.6 Å². The van der Waals surface area contributed by atoms with Crippen LogP contribution in [0.3, 0.4) is 0 Å². The number of aromatic nitrogens is 1. The molecule has 1 atom stereocenters. The summed E-state index contributed by atoms with van der Waals surface area (Å²) in [5.74, 6) is 1.57. The average Bonchev–Trinajstić information content (AvgIpc) is 3.38. The molecule has 31 heavy (non-hydrogen) atoms. The van der Waals surface area contributed by atoms with Gasteiger partial charge in [-0.1, -0.05) is 30.3 Å². The summed E-state index contributed by atoms with van der Waals surface area (Å²) in [4.78, 5) is 23.4. The predicted molar refractivity (Wildman–Crippen MR) is 122 cm³/mol.